The zero-order valence-corrected chi connectivity index (χ0v) is 18.6. The van der Waals surface area contributed by atoms with E-state index in [0.29, 0.717) is 6.54 Å². The quantitative estimate of drug-likeness (QED) is 0.374. The summed E-state index contributed by atoms with van der Waals surface area (Å²) in [4.78, 5) is 9.50. The maximum atomic E-state index is 6.50. The lowest BCUT2D eigenvalue weighted by atomic mass is 10.1. The van der Waals surface area contributed by atoms with Crippen LogP contribution in [0.4, 0.5) is 5.69 Å². The fourth-order valence-corrected chi connectivity index (χ4v) is 3.02. The predicted molar refractivity (Wildman–Crippen MR) is 120 cm³/mol. The van der Waals surface area contributed by atoms with Crippen LogP contribution in [0.2, 0.25) is 5.02 Å². The van der Waals surface area contributed by atoms with Crippen LogP contribution in [0.25, 0.3) is 0 Å². The average Bonchev–Trinajstić information content (AvgIpc) is 2.59. The summed E-state index contributed by atoms with van der Waals surface area (Å²) < 4.78 is 0. The smallest absolute Gasteiger partial charge is 0.191 e. The minimum Gasteiger partial charge on any atom is -0.369 e. The van der Waals surface area contributed by atoms with Gasteiger partial charge in [-0.15, -0.1) is 24.0 Å². The lowest BCUT2D eigenvalue weighted by molar-refractivity contribution is 0.312. The van der Waals surface area contributed by atoms with Crippen LogP contribution >= 0.6 is 35.6 Å². The number of halogens is 2. The molecule has 0 bridgehead atoms. The van der Waals surface area contributed by atoms with Crippen molar-refractivity contribution in [2.75, 3.05) is 51.2 Å². The van der Waals surface area contributed by atoms with Gasteiger partial charge in [0.25, 0.3) is 0 Å². The molecule has 0 amide bonds. The van der Waals surface area contributed by atoms with Gasteiger partial charge in [-0.3, -0.25) is 0 Å². The molecule has 0 aliphatic carbocycles. The van der Waals surface area contributed by atoms with Crippen molar-refractivity contribution in [3.8, 4) is 0 Å². The van der Waals surface area contributed by atoms with E-state index in [1.165, 1.54) is 5.69 Å². The number of piperazine rings is 1. The van der Waals surface area contributed by atoms with E-state index < -0.39 is 0 Å². The van der Waals surface area contributed by atoms with E-state index in [0.717, 1.165) is 62.2 Å². The van der Waals surface area contributed by atoms with Crippen molar-refractivity contribution in [3.63, 3.8) is 0 Å². The Morgan fingerprint density at radius 1 is 1.16 bits per heavy atom. The van der Waals surface area contributed by atoms with Gasteiger partial charge in [0.2, 0.25) is 0 Å². The normalized spacial score (nSPS) is 15.7. The van der Waals surface area contributed by atoms with E-state index in [-0.39, 0.29) is 24.0 Å². The van der Waals surface area contributed by atoms with E-state index in [1.54, 1.807) is 0 Å². The minimum atomic E-state index is 0. The lowest BCUT2D eigenvalue weighted by Crippen LogP contribution is -2.44. The van der Waals surface area contributed by atoms with Gasteiger partial charge in [0.15, 0.2) is 5.96 Å². The Hall–Kier alpha value is -0.730. The molecule has 0 aromatic heterocycles. The third kappa shape index (κ3) is 6.83. The SMILES string of the molecule is CCCNC(=NCc1c(Cl)cccc1N1CCN(C)CC1)NCC.I. The molecule has 0 radical (unpaired) electrons. The summed E-state index contributed by atoms with van der Waals surface area (Å²) in [5.41, 5.74) is 2.32. The summed E-state index contributed by atoms with van der Waals surface area (Å²) in [5.74, 6) is 0.851. The van der Waals surface area contributed by atoms with Crippen LogP contribution in [0, 0.1) is 0 Å². The van der Waals surface area contributed by atoms with Crippen LogP contribution < -0.4 is 15.5 Å². The van der Waals surface area contributed by atoms with Crippen LogP contribution in [0.15, 0.2) is 23.2 Å². The molecule has 0 atom stereocenters. The van der Waals surface area contributed by atoms with Crippen molar-refractivity contribution in [2.45, 2.75) is 26.8 Å². The molecule has 1 aliphatic rings. The van der Waals surface area contributed by atoms with E-state index in [9.17, 15) is 0 Å². The van der Waals surface area contributed by atoms with Gasteiger partial charge in [-0.1, -0.05) is 24.6 Å². The molecule has 5 nitrogen and oxygen atoms in total. The molecule has 0 spiro atoms. The number of guanidine groups is 1. The molecule has 1 saturated heterocycles. The lowest BCUT2D eigenvalue weighted by Gasteiger charge is -2.35. The van der Waals surface area contributed by atoms with E-state index in [2.05, 4.69) is 47.4 Å². The van der Waals surface area contributed by atoms with Crippen LogP contribution in [-0.4, -0.2) is 57.2 Å². The summed E-state index contributed by atoms with van der Waals surface area (Å²) in [6, 6.07) is 6.15. The number of rotatable bonds is 6. The van der Waals surface area contributed by atoms with Crippen LogP contribution in [0.5, 0.6) is 0 Å². The largest absolute Gasteiger partial charge is 0.369 e. The number of likely N-dealkylation sites (N-methyl/N-ethyl adjacent to an activating group) is 1. The van der Waals surface area contributed by atoms with Gasteiger partial charge in [-0.2, -0.15) is 0 Å². The van der Waals surface area contributed by atoms with Gasteiger partial charge in [0, 0.05) is 55.5 Å². The van der Waals surface area contributed by atoms with Crippen LogP contribution in [0.3, 0.4) is 0 Å². The van der Waals surface area contributed by atoms with Gasteiger partial charge in [0.05, 0.1) is 6.54 Å². The number of benzene rings is 1. The molecule has 0 unspecified atom stereocenters. The second-order valence-corrected chi connectivity index (χ2v) is 6.56. The second-order valence-electron chi connectivity index (χ2n) is 6.15. The topological polar surface area (TPSA) is 42.9 Å². The molecule has 1 aliphatic heterocycles. The summed E-state index contributed by atoms with van der Waals surface area (Å²) >= 11 is 6.50. The Morgan fingerprint density at radius 3 is 2.52 bits per heavy atom. The van der Waals surface area contributed by atoms with Gasteiger partial charge in [-0.05, 0) is 32.5 Å². The number of anilines is 1. The van der Waals surface area contributed by atoms with E-state index in [4.69, 9.17) is 16.6 Å². The third-order valence-electron chi connectivity index (χ3n) is 4.22. The van der Waals surface area contributed by atoms with Crippen molar-refractivity contribution in [1.82, 2.24) is 15.5 Å². The monoisotopic (exact) mass is 479 g/mol. The molecule has 25 heavy (non-hydrogen) atoms. The fraction of sp³-hybridized carbons (Fsp3) is 0.611. The molecule has 142 valence electrons. The summed E-state index contributed by atoms with van der Waals surface area (Å²) in [6.45, 7) is 10.8. The Kier molecular flexibility index (Phi) is 10.5. The summed E-state index contributed by atoms with van der Waals surface area (Å²) in [7, 11) is 2.17. The summed E-state index contributed by atoms with van der Waals surface area (Å²) in [5, 5.41) is 7.42. The predicted octanol–water partition coefficient (Wildman–Crippen LogP) is 3.17. The van der Waals surface area contributed by atoms with Crippen molar-refractivity contribution < 1.29 is 0 Å². The first-order valence-electron chi connectivity index (χ1n) is 8.88. The molecule has 1 aromatic rings. The molecule has 1 heterocycles. The fourth-order valence-electron chi connectivity index (χ4n) is 2.79. The van der Waals surface area contributed by atoms with E-state index in [1.807, 2.05) is 12.1 Å². The molecule has 2 N–H and O–H groups in total. The molecule has 7 heteroatoms. The maximum Gasteiger partial charge on any atom is 0.191 e. The third-order valence-corrected chi connectivity index (χ3v) is 4.57. The molecular formula is C18H31ClIN5. The molecule has 1 aromatic carbocycles. The van der Waals surface area contributed by atoms with Crippen molar-refractivity contribution in [1.29, 1.82) is 0 Å². The zero-order chi connectivity index (χ0) is 17.4. The second kappa shape index (κ2) is 11.8. The van der Waals surface area contributed by atoms with Gasteiger partial charge < -0.3 is 20.4 Å². The number of nitrogens with one attached hydrogen (secondary N) is 2. The maximum absolute atomic E-state index is 6.50. The highest BCUT2D eigenvalue weighted by Crippen LogP contribution is 2.29. The van der Waals surface area contributed by atoms with Crippen molar-refractivity contribution >= 4 is 47.2 Å². The average molecular weight is 480 g/mol. The van der Waals surface area contributed by atoms with E-state index >= 15 is 0 Å². The number of hydrogen-bond acceptors (Lipinski definition) is 3. The molecule has 0 saturated carbocycles. The van der Waals surface area contributed by atoms with Gasteiger partial charge in [0.1, 0.15) is 0 Å². The summed E-state index contributed by atoms with van der Waals surface area (Å²) in [6.07, 6.45) is 1.07. The number of aliphatic imine (C=N–C) groups is 1. The first-order chi connectivity index (χ1) is 11.7. The van der Waals surface area contributed by atoms with Crippen LogP contribution in [-0.2, 0) is 6.54 Å². The Balaban J connectivity index is 0.00000312. The number of hydrogen-bond donors (Lipinski definition) is 2. The number of nitrogens with zero attached hydrogens (tertiary/aromatic N) is 3. The first-order valence-corrected chi connectivity index (χ1v) is 9.26. The molecule has 1 fully saturated rings. The standard InChI is InChI=1S/C18H30ClN5.HI/c1-4-9-21-18(20-5-2)22-14-15-16(19)7-6-8-17(15)24-12-10-23(3)11-13-24;/h6-8H,4-5,9-14H2,1-3H3,(H2,20,21,22);1H. The highest BCUT2D eigenvalue weighted by molar-refractivity contribution is 14.0. The molecular weight excluding hydrogens is 449 g/mol. The van der Waals surface area contributed by atoms with Gasteiger partial charge in [-0.25, -0.2) is 4.99 Å². The Morgan fingerprint density at radius 2 is 1.88 bits per heavy atom. The highest BCUT2D eigenvalue weighted by Gasteiger charge is 2.18. The minimum absolute atomic E-state index is 0. The van der Waals surface area contributed by atoms with Crippen molar-refractivity contribution in [3.05, 3.63) is 28.8 Å². The highest BCUT2D eigenvalue weighted by atomic mass is 127. The van der Waals surface area contributed by atoms with Gasteiger partial charge >= 0.3 is 0 Å². The van der Waals surface area contributed by atoms with Crippen molar-refractivity contribution in [2.24, 2.45) is 4.99 Å². The molecule has 2 rings (SSSR count). The zero-order valence-electron chi connectivity index (χ0n) is 15.5. The Bertz CT molecular complexity index is 544. The Labute approximate surface area is 174 Å². The van der Waals surface area contributed by atoms with Crippen LogP contribution in [0.1, 0.15) is 25.8 Å². The first kappa shape index (κ1) is 22.3.